The van der Waals surface area contributed by atoms with E-state index in [0.717, 1.165) is 22.1 Å². The lowest BCUT2D eigenvalue weighted by molar-refractivity contribution is 0.0511. The number of rotatable bonds is 4. The second-order valence-electron chi connectivity index (χ2n) is 4.33. The van der Waals surface area contributed by atoms with Crippen LogP contribution in [0.4, 0.5) is 0 Å². The highest BCUT2D eigenvalue weighted by atomic mass is 32.1. The van der Waals surface area contributed by atoms with Crippen LogP contribution in [0.2, 0.25) is 0 Å². The van der Waals surface area contributed by atoms with Crippen molar-refractivity contribution in [1.82, 2.24) is 0 Å². The van der Waals surface area contributed by atoms with E-state index in [9.17, 15) is 4.79 Å². The molecule has 0 bridgehead atoms. The molecular weight excluding hydrogens is 246 g/mol. The van der Waals surface area contributed by atoms with Crippen LogP contribution in [0, 0.1) is 0 Å². The van der Waals surface area contributed by atoms with Gasteiger partial charge >= 0.3 is 5.97 Å². The molecule has 0 spiro atoms. The molecule has 0 aliphatic rings. The third-order valence-corrected chi connectivity index (χ3v) is 3.79. The molecule has 4 heteroatoms. The first-order chi connectivity index (χ1) is 8.61. The molecule has 2 N–H and O–H groups in total. The Balaban J connectivity index is 2.29. The molecular formula is C14H17NO2S. The predicted octanol–water partition coefficient (Wildman–Crippen LogP) is 3.49. The molecule has 0 aliphatic carbocycles. The van der Waals surface area contributed by atoms with E-state index in [1.165, 1.54) is 11.3 Å². The Bertz CT molecular complexity index is 560. The monoisotopic (exact) mass is 263 g/mol. The van der Waals surface area contributed by atoms with E-state index in [-0.39, 0.29) is 12.0 Å². The van der Waals surface area contributed by atoms with Crippen molar-refractivity contribution < 1.29 is 9.53 Å². The van der Waals surface area contributed by atoms with Gasteiger partial charge in [0.15, 0.2) is 0 Å². The first-order valence-electron chi connectivity index (χ1n) is 6.08. The summed E-state index contributed by atoms with van der Waals surface area (Å²) < 4.78 is 6.21. The van der Waals surface area contributed by atoms with Gasteiger partial charge in [0.25, 0.3) is 0 Å². The van der Waals surface area contributed by atoms with Gasteiger partial charge in [0.1, 0.15) is 4.88 Å². The van der Waals surface area contributed by atoms with Crippen LogP contribution >= 0.6 is 11.3 Å². The largest absolute Gasteiger partial charge is 0.462 e. The second kappa shape index (κ2) is 5.50. The van der Waals surface area contributed by atoms with E-state index in [1.807, 2.05) is 38.1 Å². The highest BCUT2D eigenvalue weighted by Gasteiger charge is 2.12. The Hall–Kier alpha value is -1.39. The maximum absolute atomic E-state index is 11.8. The Kier molecular flexibility index (Phi) is 3.99. The first-order valence-corrected chi connectivity index (χ1v) is 6.89. The molecule has 0 saturated carbocycles. The van der Waals surface area contributed by atoms with Gasteiger partial charge in [-0.05, 0) is 36.4 Å². The zero-order chi connectivity index (χ0) is 13.1. The molecule has 0 amide bonds. The average molecular weight is 263 g/mol. The van der Waals surface area contributed by atoms with Crippen LogP contribution in [0.25, 0.3) is 10.1 Å². The molecule has 2 aromatic rings. The fraction of sp³-hybridized carbons (Fsp3) is 0.357. The topological polar surface area (TPSA) is 52.3 Å². The number of benzene rings is 1. The Morgan fingerprint density at radius 2 is 2.22 bits per heavy atom. The standard InChI is InChI=1S/C14H17NO2S/c1-3-6-17-14(16)13-8-11-5-4-10(9(2)15)7-12(11)18-13/h4-5,7-9H,3,6,15H2,1-2H3. The van der Waals surface area contributed by atoms with Gasteiger partial charge in [-0.25, -0.2) is 4.79 Å². The lowest BCUT2D eigenvalue weighted by atomic mass is 10.1. The number of esters is 1. The molecule has 0 radical (unpaired) electrons. The molecule has 1 atom stereocenters. The second-order valence-corrected chi connectivity index (χ2v) is 5.42. The zero-order valence-corrected chi connectivity index (χ0v) is 11.4. The van der Waals surface area contributed by atoms with Crippen molar-refractivity contribution in [2.24, 2.45) is 5.73 Å². The number of nitrogens with two attached hydrogens (primary N) is 1. The van der Waals surface area contributed by atoms with Crippen molar-refractivity contribution in [1.29, 1.82) is 0 Å². The van der Waals surface area contributed by atoms with Gasteiger partial charge in [-0.15, -0.1) is 11.3 Å². The number of thiophene rings is 1. The van der Waals surface area contributed by atoms with Gasteiger partial charge in [-0.2, -0.15) is 0 Å². The van der Waals surface area contributed by atoms with Crippen molar-refractivity contribution >= 4 is 27.4 Å². The van der Waals surface area contributed by atoms with Crippen molar-refractivity contribution in [2.45, 2.75) is 26.3 Å². The number of hydrogen-bond acceptors (Lipinski definition) is 4. The van der Waals surface area contributed by atoms with E-state index < -0.39 is 0 Å². The summed E-state index contributed by atoms with van der Waals surface area (Å²) in [5.74, 6) is -0.236. The summed E-state index contributed by atoms with van der Waals surface area (Å²) in [6.07, 6.45) is 0.839. The third kappa shape index (κ3) is 2.71. The van der Waals surface area contributed by atoms with E-state index in [1.54, 1.807) is 0 Å². The average Bonchev–Trinajstić information content (AvgIpc) is 2.78. The van der Waals surface area contributed by atoms with Crippen LogP contribution < -0.4 is 5.73 Å². The smallest absolute Gasteiger partial charge is 0.348 e. The number of hydrogen-bond donors (Lipinski definition) is 1. The van der Waals surface area contributed by atoms with Gasteiger partial charge in [0.05, 0.1) is 6.61 Å². The van der Waals surface area contributed by atoms with Crippen molar-refractivity contribution in [2.75, 3.05) is 6.61 Å². The van der Waals surface area contributed by atoms with Crippen LogP contribution in [0.3, 0.4) is 0 Å². The maximum Gasteiger partial charge on any atom is 0.348 e. The summed E-state index contributed by atoms with van der Waals surface area (Å²) in [5, 5.41) is 1.06. The summed E-state index contributed by atoms with van der Waals surface area (Å²) >= 11 is 1.46. The molecule has 1 aromatic heterocycles. The summed E-state index contributed by atoms with van der Waals surface area (Å²) in [4.78, 5) is 12.4. The maximum atomic E-state index is 11.8. The van der Waals surface area contributed by atoms with Gasteiger partial charge in [-0.3, -0.25) is 0 Å². The fourth-order valence-corrected chi connectivity index (χ4v) is 2.70. The molecule has 3 nitrogen and oxygen atoms in total. The summed E-state index contributed by atoms with van der Waals surface area (Å²) in [6, 6.07) is 7.93. The lowest BCUT2D eigenvalue weighted by Crippen LogP contribution is -2.03. The minimum atomic E-state index is -0.236. The van der Waals surface area contributed by atoms with Crippen LogP contribution in [0.15, 0.2) is 24.3 Å². The van der Waals surface area contributed by atoms with E-state index in [2.05, 4.69) is 0 Å². The number of ether oxygens (including phenoxy) is 1. The van der Waals surface area contributed by atoms with Crippen LogP contribution in [-0.2, 0) is 4.74 Å². The molecule has 0 saturated heterocycles. The summed E-state index contributed by atoms with van der Waals surface area (Å²) in [7, 11) is 0. The highest BCUT2D eigenvalue weighted by molar-refractivity contribution is 7.20. The van der Waals surface area contributed by atoms with E-state index in [0.29, 0.717) is 11.5 Å². The Morgan fingerprint density at radius 1 is 1.44 bits per heavy atom. The number of fused-ring (bicyclic) bond motifs is 1. The molecule has 1 unspecified atom stereocenters. The van der Waals surface area contributed by atoms with Crippen molar-refractivity contribution in [3.8, 4) is 0 Å². The molecule has 1 aromatic carbocycles. The predicted molar refractivity (Wildman–Crippen MR) is 75.0 cm³/mol. The van der Waals surface area contributed by atoms with E-state index >= 15 is 0 Å². The van der Waals surface area contributed by atoms with Crippen molar-refractivity contribution in [3.05, 3.63) is 34.7 Å². The lowest BCUT2D eigenvalue weighted by Gasteiger charge is -2.04. The molecule has 1 heterocycles. The normalized spacial score (nSPS) is 12.6. The van der Waals surface area contributed by atoms with Gasteiger partial charge in [0, 0.05) is 10.7 Å². The summed E-state index contributed by atoms with van der Waals surface area (Å²) in [5.41, 5.74) is 6.93. The van der Waals surface area contributed by atoms with Crippen molar-refractivity contribution in [3.63, 3.8) is 0 Å². The minimum absolute atomic E-state index is 0.00647. The van der Waals surface area contributed by atoms with Gasteiger partial charge in [0.2, 0.25) is 0 Å². The fourth-order valence-electron chi connectivity index (χ4n) is 1.70. The third-order valence-electron chi connectivity index (χ3n) is 2.71. The molecule has 96 valence electrons. The molecule has 2 rings (SSSR count). The van der Waals surface area contributed by atoms with Gasteiger partial charge in [-0.1, -0.05) is 19.1 Å². The molecule has 0 aliphatic heterocycles. The van der Waals surface area contributed by atoms with Crippen LogP contribution in [-0.4, -0.2) is 12.6 Å². The van der Waals surface area contributed by atoms with Crippen LogP contribution in [0.5, 0.6) is 0 Å². The summed E-state index contributed by atoms with van der Waals surface area (Å²) in [6.45, 7) is 4.40. The Morgan fingerprint density at radius 3 is 2.89 bits per heavy atom. The Labute approximate surface area is 111 Å². The SMILES string of the molecule is CCCOC(=O)c1cc2ccc(C(C)N)cc2s1. The quantitative estimate of drug-likeness (QED) is 0.859. The molecule has 18 heavy (non-hydrogen) atoms. The first kappa shape index (κ1) is 13.1. The number of carbonyl (C=O) groups is 1. The zero-order valence-electron chi connectivity index (χ0n) is 10.6. The molecule has 0 fully saturated rings. The number of carbonyl (C=O) groups excluding carboxylic acids is 1. The van der Waals surface area contributed by atoms with Crippen LogP contribution in [0.1, 0.15) is 41.5 Å². The van der Waals surface area contributed by atoms with E-state index in [4.69, 9.17) is 10.5 Å². The minimum Gasteiger partial charge on any atom is -0.462 e. The highest BCUT2D eigenvalue weighted by Crippen LogP contribution is 2.28. The van der Waals surface area contributed by atoms with Gasteiger partial charge < -0.3 is 10.5 Å².